The van der Waals surface area contributed by atoms with Crippen LogP contribution in [0.5, 0.6) is 0 Å². The molecule has 160 valence electrons. The molecule has 2 aromatic rings. The summed E-state index contributed by atoms with van der Waals surface area (Å²) in [4.78, 5) is 29.7. The molecule has 0 radical (unpaired) electrons. The van der Waals surface area contributed by atoms with Gasteiger partial charge in [0.05, 0.1) is 6.54 Å². The van der Waals surface area contributed by atoms with E-state index >= 15 is 0 Å². The highest BCUT2D eigenvalue weighted by Gasteiger charge is 2.22. The number of hydrogen-bond donors (Lipinski definition) is 2. The van der Waals surface area contributed by atoms with Crippen LogP contribution in [0.1, 0.15) is 18.9 Å². The fraction of sp³-hybridized carbons (Fsp3) is 0.429. The highest BCUT2D eigenvalue weighted by molar-refractivity contribution is 6.30. The lowest BCUT2D eigenvalue weighted by molar-refractivity contribution is -0.131. The maximum atomic E-state index is 12.6. The van der Waals surface area contributed by atoms with Gasteiger partial charge in [-0.3, -0.25) is 4.79 Å². The molecule has 2 N–H and O–H groups in total. The van der Waals surface area contributed by atoms with Gasteiger partial charge in [-0.05, 0) is 30.7 Å². The number of aromatic nitrogens is 2. The van der Waals surface area contributed by atoms with Crippen LogP contribution in [0.15, 0.2) is 47.7 Å². The molecule has 8 nitrogen and oxygen atoms in total. The molecule has 2 heterocycles. The summed E-state index contributed by atoms with van der Waals surface area (Å²) in [6.07, 6.45) is 3.90. The number of piperazine rings is 1. The quantitative estimate of drug-likeness (QED) is 0.516. The van der Waals surface area contributed by atoms with Crippen molar-refractivity contribution in [2.45, 2.75) is 19.9 Å². The van der Waals surface area contributed by atoms with Gasteiger partial charge in [0.2, 0.25) is 11.9 Å². The van der Waals surface area contributed by atoms with Crippen molar-refractivity contribution in [1.82, 2.24) is 25.5 Å². The molecule has 1 aliphatic rings. The van der Waals surface area contributed by atoms with Gasteiger partial charge in [0.25, 0.3) is 0 Å². The monoisotopic (exact) mass is 429 g/mol. The molecule has 30 heavy (non-hydrogen) atoms. The van der Waals surface area contributed by atoms with Crippen molar-refractivity contribution in [3.05, 3.63) is 53.3 Å². The first-order chi connectivity index (χ1) is 14.7. The van der Waals surface area contributed by atoms with Crippen LogP contribution in [0.2, 0.25) is 5.02 Å². The predicted molar refractivity (Wildman–Crippen MR) is 120 cm³/mol. The van der Waals surface area contributed by atoms with Crippen LogP contribution in [0.4, 0.5) is 5.95 Å². The number of carbonyl (C=O) groups is 1. The summed E-state index contributed by atoms with van der Waals surface area (Å²) in [5.74, 6) is 1.55. The van der Waals surface area contributed by atoms with E-state index in [0.717, 1.165) is 31.1 Å². The van der Waals surface area contributed by atoms with Gasteiger partial charge >= 0.3 is 0 Å². The molecule has 1 aliphatic heterocycles. The number of rotatable bonds is 7. The lowest BCUT2D eigenvalue weighted by Gasteiger charge is -2.34. The van der Waals surface area contributed by atoms with Crippen molar-refractivity contribution in [3.63, 3.8) is 0 Å². The summed E-state index contributed by atoms with van der Waals surface area (Å²) in [6, 6.07) is 9.45. The molecule has 0 aliphatic carbocycles. The van der Waals surface area contributed by atoms with Gasteiger partial charge in [0.1, 0.15) is 0 Å². The van der Waals surface area contributed by atoms with Gasteiger partial charge < -0.3 is 20.4 Å². The van der Waals surface area contributed by atoms with Gasteiger partial charge in [-0.2, -0.15) is 0 Å². The zero-order chi connectivity index (χ0) is 21.2. The highest BCUT2D eigenvalue weighted by atomic mass is 35.5. The average Bonchev–Trinajstić information content (AvgIpc) is 2.78. The van der Waals surface area contributed by atoms with Gasteiger partial charge in [0.15, 0.2) is 5.96 Å². The fourth-order valence-corrected chi connectivity index (χ4v) is 3.42. The summed E-state index contributed by atoms with van der Waals surface area (Å²) in [5.41, 5.74) is 1.04. The van der Waals surface area contributed by atoms with Crippen LogP contribution in [0, 0.1) is 0 Å². The molecule has 3 rings (SSSR count). The summed E-state index contributed by atoms with van der Waals surface area (Å²) in [7, 11) is 0. The molecule has 0 atom stereocenters. The molecule has 0 unspecified atom stereocenters. The molecule has 1 fully saturated rings. The van der Waals surface area contributed by atoms with Crippen LogP contribution >= 0.6 is 11.6 Å². The number of nitrogens with one attached hydrogen (secondary N) is 2. The minimum atomic E-state index is 0.141. The summed E-state index contributed by atoms with van der Waals surface area (Å²) < 4.78 is 0. The zero-order valence-electron chi connectivity index (χ0n) is 17.2. The minimum absolute atomic E-state index is 0.141. The normalized spacial score (nSPS) is 14.5. The molecule has 0 bridgehead atoms. The summed E-state index contributed by atoms with van der Waals surface area (Å²) >= 11 is 6.03. The van der Waals surface area contributed by atoms with E-state index in [-0.39, 0.29) is 5.91 Å². The number of carbonyl (C=O) groups excluding carboxylic acids is 1. The van der Waals surface area contributed by atoms with E-state index in [1.54, 1.807) is 18.5 Å². The smallest absolute Gasteiger partial charge is 0.225 e. The van der Waals surface area contributed by atoms with Gasteiger partial charge in [0, 0.05) is 63.1 Å². The van der Waals surface area contributed by atoms with E-state index in [4.69, 9.17) is 11.6 Å². The lowest BCUT2D eigenvalue weighted by Crippen LogP contribution is -2.50. The van der Waals surface area contributed by atoms with Crippen LogP contribution in [0.25, 0.3) is 0 Å². The Morgan fingerprint density at radius 1 is 1.13 bits per heavy atom. The van der Waals surface area contributed by atoms with Crippen LogP contribution in [-0.2, 0) is 11.3 Å². The van der Waals surface area contributed by atoms with E-state index in [9.17, 15) is 4.79 Å². The average molecular weight is 430 g/mol. The van der Waals surface area contributed by atoms with Gasteiger partial charge in [-0.25, -0.2) is 15.0 Å². The lowest BCUT2D eigenvalue weighted by atomic mass is 10.2. The SMILES string of the molecule is CCNC(=NCc1cccc(Cl)c1)NCCC(=O)N1CCN(c2ncccn2)CC1. The largest absolute Gasteiger partial charge is 0.357 e. The number of halogens is 1. The number of nitrogens with zero attached hydrogens (tertiary/aromatic N) is 5. The first kappa shape index (κ1) is 21.8. The maximum Gasteiger partial charge on any atom is 0.225 e. The highest BCUT2D eigenvalue weighted by Crippen LogP contribution is 2.12. The zero-order valence-corrected chi connectivity index (χ0v) is 18.0. The molecule has 1 aromatic carbocycles. The molecule has 0 saturated carbocycles. The Balaban J connectivity index is 1.42. The Kier molecular flexibility index (Phi) is 8.26. The molecular weight excluding hydrogens is 402 g/mol. The van der Waals surface area contributed by atoms with Crippen molar-refractivity contribution in [1.29, 1.82) is 0 Å². The first-order valence-electron chi connectivity index (χ1n) is 10.2. The number of aliphatic imine (C=N–C) groups is 1. The number of amides is 1. The van der Waals surface area contributed by atoms with E-state index in [2.05, 4.69) is 30.5 Å². The number of anilines is 1. The first-order valence-corrected chi connectivity index (χ1v) is 10.6. The third-order valence-electron chi connectivity index (χ3n) is 4.75. The molecule has 1 aromatic heterocycles. The van der Waals surface area contributed by atoms with Crippen LogP contribution < -0.4 is 15.5 Å². The topological polar surface area (TPSA) is 85.8 Å². The Hall–Kier alpha value is -2.87. The third kappa shape index (κ3) is 6.59. The number of guanidine groups is 1. The molecule has 0 spiro atoms. The minimum Gasteiger partial charge on any atom is -0.357 e. The summed E-state index contributed by atoms with van der Waals surface area (Å²) in [6.45, 7) is 6.66. The van der Waals surface area contributed by atoms with Crippen molar-refractivity contribution in [2.24, 2.45) is 4.99 Å². The number of hydrogen-bond acceptors (Lipinski definition) is 5. The Bertz CT molecular complexity index is 838. The fourth-order valence-electron chi connectivity index (χ4n) is 3.20. The van der Waals surface area contributed by atoms with Gasteiger partial charge in [-0.1, -0.05) is 23.7 Å². The second kappa shape index (κ2) is 11.3. The van der Waals surface area contributed by atoms with Crippen molar-refractivity contribution < 1.29 is 4.79 Å². The third-order valence-corrected chi connectivity index (χ3v) is 4.99. The van der Waals surface area contributed by atoms with Crippen molar-refractivity contribution in [2.75, 3.05) is 44.2 Å². The van der Waals surface area contributed by atoms with E-state index in [1.807, 2.05) is 36.1 Å². The Morgan fingerprint density at radius 2 is 1.90 bits per heavy atom. The van der Waals surface area contributed by atoms with E-state index in [1.165, 1.54) is 0 Å². The predicted octanol–water partition coefficient (Wildman–Crippen LogP) is 1.92. The summed E-state index contributed by atoms with van der Waals surface area (Å²) in [5, 5.41) is 7.14. The van der Waals surface area contributed by atoms with Gasteiger partial charge in [-0.15, -0.1) is 0 Å². The molecule has 1 saturated heterocycles. The van der Waals surface area contributed by atoms with E-state index in [0.29, 0.717) is 43.6 Å². The molecular formula is C21H28ClN7O. The van der Waals surface area contributed by atoms with Crippen molar-refractivity contribution in [3.8, 4) is 0 Å². The standard InChI is InChI=1S/C21H28ClN7O/c1-2-23-20(27-16-17-5-3-6-18(22)15-17)24-10-7-19(30)28-11-13-29(14-12-28)21-25-8-4-9-26-21/h3-6,8-9,15H,2,7,10-14,16H2,1H3,(H2,23,24,27). The second-order valence-electron chi connectivity index (χ2n) is 6.92. The van der Waals surface area contributed by atoms with E-state index < -0.39 is 0 Å². The maximum absolute atomic E-state index is 12.6. The molecule has 9 heteroatoms. The second-order valence-corrected chi connectivity index (χ2v) is 7.35. The molecule has 1 amide bonds. The van der Waals surface area contributed by atoms with Crippen LogP contribution in [0.3, 0.4) is 0 Å². The Morgan fingerprint density at radius 3 is 2.60 bits per heavy atom. The number of benzene rings is 1. The van der Waals surface area contributed by atoms with Crippen molar-refractivity contribution >= 4 is 29.4 Å². The Labute approximate surface area is 182 Å². The van der Waals surface area contributed by atoms with Crippen LogP contribution in [-0.4, -0.2) is 66.0 Å².